The van der Waals surface area contributed by atoms with E-state index >= 15 is 0 Å². The Morgan fingerprint density at radius 2 is 2.00 bits per heavy atom. The van der Waals surface area contributed by atoms with Gasteiger partial charge in [-0.15, -0.1) is 11.3 Å². The summed E-state index contributed by atoms with van der Waals surface area (Å²) in [7, 11) is 0. The average molecular weight is 268 g/mol. The van der Waals surface area contributed by atoms with Gasteiger partial charge in [0, 0.05) is 17.0 Å². The van der Waals surface area contributed by atoms with E-state index in [0.29, 0.717) is 6.54 Å². The van der Waals surface area contributed by atoms with E-state index < -0.39 is 0 Å². The predicted octanol–water partition coefficient (Wildman–Crippen LogP) is 2.87. The normalized spacial score (nSPS) is 11.6. The molecule has 0 saturated heterocycles. The van der Waals surface area contributed by atoms with Gasteiger partial charge in [0.05, 0.1) is 4.88 Å². The fraction of sp³-hybridized carbons (Fsp3) is 0.643. The zero-order valence-electron chi connectivity index (χ0n) is 11.8. The molecular formula is C14H24N2OS. The number of rotatable bonds is 6. The Morgan fingerprint density at radius 1 is 1.39 bits per heavy atom. The molecule has 0 aromatic carbocycles. The lowest BCUT2D eigenvalue weighted by Gasteiger charge is -2.26. The molecule has 0 aliphatic rings. The number of hydrogen-bond donors (Lipinski definition) is 2. The van der Waals surface area contributed by atoms with E-state index in [1.807, 2.05) is 6.07 Å². The van der Waals surface area contributed by atoms with Crippen LogP contribution < -0.4 is 11.1 Å². The molecule has 0 aliphatic heterocycles. The van der Waals surface area contributed by atoms with Gasteiger partial charge in [-0.25, -0.2) is 0 Å². The summed E-state index contributed by atoms with van der Waals surface area (Å²) in [4.78, 5) is 14.1. The lowest BCUT2D eigenvalue weighted by atomic mass is 9.94. The molecule has 3 N–H and O–H groups in total. The Balaban J connectivity index is 2.65. The van der Waals surface area contributed by atoms with Crippen LogP contribution in [0.3, 0.4) is 0 Å². The molecule has 0 unspecified atom stereocenters. The maximum absolute atomic E-state index is 12.0. The van der Waals surface area contributed by atoms with Gasteiger partial charge in [0.2, 0.25) is 0 Å². The summed E-state index contributed by atoms with van der Waals surface area (Å²) >= 11 is 1.58. The maximum atomic E-state index is 12.0. The standard InChI is InChI=1S/C14H24N2OS/c1-5-11-10(4)8-12(18-11)13(17)16-9-14(15,6-2)7-3/h8H,5-7,9,15H2,1-4H3,(H,16,17). The Morgan fingerprint density at radius 3 is 2.44 bits per heavy atom. The van der Waals surface area contributed by atoms with Gasteiger partial charge in [0.1, 0.15) is 0 Å². The molecule has 0 atom stereocenters. The van der Waals surface area contributed by atoms with Crippen molar-refractivity contribution in [3.05, 3.63) is 21.4 Å². The zero-order chi connectivity index (χ0) is 13.8. The summed E-state index contributed by atoms with van der Waals surface area (Å²) in [5, 5.41) is 2.95. The van der Waals surface area contributed by atoms with Crippen LogP contribution in [0.25, 0.3) is 0 Å². The van der Waals surface area contributed by atoms with Gasteiger partial charge < -0.3 is 11.1 Å². The van der Waals surface area contributed by atoms with Gasteiger partial charge in [-0.3, -0.25) is 4.79 Å². The third-order valence-electron chi connectivity index (χ3n) is 3.57. The largest absolute Gasteiger partial charge is 0.349 e. The van der Waals surface area contributed by atoms with Gasteiger partial charge in [0.25, 0.3) is 5.91 Å². The summed E-state index contributed by atoms with van der Waals surface area (Å²) in [6, 6.07) is 1.97. The van der Waals surface area contributed by atoms with Crippen molar-refractivity contribution in [2.75, 3.05) is 6.54 Å². The third kappa shape index (κ3) is 3.56. The predicted molar refractivity (Wildman–Crippen MR) is 78.3 cm³/mol. The van der Waals surface area contributed by atoms with Gasteiger partial charge in [-0.1, -0.05) is 20.8 Å². The smallest absolute Gasteiger partial charge is 0.261 e. The van der Waals surface area contributed by atoms with Crippen molar-refractivity contribution in [2.45, 2.75) is 52.5 Å². The molecule has 1 aromatic rings. The minimum Gasteiger partial charge on any atom is -0.349 e. The second-order valence-electron chi connectivity index (χ2n) is 4.82. The number of amides is 1. The highest BCUT2D eigenvalue weighted by molar-refractivity contribution is 7.14. The third-order valence-corrected chi connectivity index (χ3v) is 4.95. The first-order valence-corrected chi connectivity index (χ1v) is 7.43. The molecule has 1 heterocycles. The monoisotopic (exact) mass is 268 g/mol. The van der Waals surface area contributed by atoms with E-state index in [2.05, 4.69) is 33.0 Å². The van der Waals surface area contributed by atoms with E-state index in [4.69, 9.17) is 5.73 Å². The molecule has 0 aliphatic carbocycles. The molecule has 4 heteroatoms. The van der Waals surface area contributed by atoms with Gasteiger partial charge in [-0.05, 0) is 37.8 Å². The van der Waals surface area contributed by atoms with Crippen LogP contribution in [0, 0.1) is 6.92 Å². The van der Waals surface area contributed by atoms with Gasteiger partial charge >= 0.3 is 0 Å². The van der Waals surface area contributed by atoms with E-state index in [1.54, 1.807) is 11.3 Å². The van der Waals surface area contributed by atoms with Crippen molar-refractivity contribution in [2.24, 2.45) is 5.73 Å². The van der Waals surface area contributed by atoms with Crippen LogP contribution in [-0.2, 0) is 6.42 Å². The molecule has 0 bridgehead atoms. The first-order chi connectivity index (χ1) is 8.45. The minimum absolute atomic E-state index is 0.000440. The molecule has 3 nitrogen and oxygen atoms in total. The van der Waals surface area contributed by atoms with Crippen LogP contribution in [0.5, 0.6) is 0 Å². The molecule has 18 heavy (non-hydrogen) atoms. The zero-order valence-corrected chi connectivity index (χ0v) is 12.6. The molecular weight excluding hydrogens is 244 g/mol. The highest BCUT2D eigenvalue weighted by atomic mass is 32.1. The summed E-state index contributed by atoms with van der Waals surface area (Å²) < 4.78 is 0. The quantitative estimate of drug-likeness (QED) is 0.833. The number of carbonyl (C=O) groups is 1. The number of nitrogens with one attached hydrogen (secondary N) is 1. The molecule has 0 spiro atoms. The summed E-state index contributed by atoms with van der Waals surface area (Å²) in [6.45, 7) is 8.81. The van der Waals surface area contributed by atoms with Crippen molar-refractivity contribution in [3.8, 4) is 0 Å². The molecule has 1 amide bonds. The Labute approximate surface area is 114 Å². The molecule has 0 fully saturated rings. The highest BCUT2D eigenvalue weighted by Gasteiger charge is 2.21. The second-order valence-corrected chi connectivity index (χ2v) is 5.96. The molecule has 102 valence electrons. The number of carbonyl (C=O) groups excluding carboxylic acids is 1. The van der Waals surface area contributed by atoms with E-state index in [9.17, 15) is 4.79 Å². The van der Waals surface area contributed by atoms with E-state index in [-0.39, 0.29) is 11.4 Å². The van der Waals surface area contributed by atoms with Gasteiger partial charge in [0.15, 0.2) is 0 Å². The van der Waals surface area contributed by atoms with Crippen LogP contribution in [0.4, 0.5) is 0 Å². The van der Waals surface area contributed by atoms with Crippen LogP contribution >= 0.6 is 11.3 Å². The van der Waals surface area contributed by atoms with Crippen molar-refractivity contribution in [1.29, 1.82) is 0 Å². The lowest BCUT2D eigenvalue weighted by molar-refractivity contribution is 0.0946. The number of aryl methyl sites for hydroxylation is 2. The fourth-order valence-corrected chi connectivity index (χ4v) is 2.86. The molecule has 1 rings (SSSR count). The fourth-order valence-electron chi connectivity index (χ4n) is 1.83. The topological polar surface area (TPSA) is 55.1 Å². The summed E-state index contributed by atoms with van der Waals surface area (Å²) in [5.74, 6) is -0.000440. The van der Waals surface area contributed by atoms with Crippen molar-refractivity contribution >= 4 is 17.2 Å². The first-order valence-electron chi connectivity index (χ1n) is 6.62. The summed E-state index contributed by atoms with van der Waals surface area (Å²) in [6.07, 6.45) is 2.72. The van der Waals surface area contributed by atoms with Crippen molar-refractivity contribution in [1.82, 2.24) is 5.32 Å². The molecule has 1 aromatic heterocycles. The number of thiophene rings is 1. The minimum atomic E-state index is -0.282. The van der Waals surface area contributed by atoms with Crippen LogP contribution in [0.2, 0.25) is 0 Å². The van der Waals surface area contributed by atoms with E-state index in [0.717, 1.165) is 24.1 Å². The molecule has 0 radical (unpaired) electrons. The van der Waals surface area contributed by atoms with Crippen LogP contribution in [-0.4, -0.2) is 18.0 Å². The maximum Gasteiger partial charge on any atom is 0.261 e. The van der Waals surface area contributed by atoms with Crippen molar-refractivity contribution in [3.63, 3.8) is 0 Å². The first kappa shape index (κ1) is 15.2. The Bertz CT molecular complexity index is 408. The van der Waals surface area contributed by atoms with E-state index in [1.165, 1.54) is 10.4 Å². The summed E-state index contributed by atoms with van der Waals surface area (Å²) in [5.41, 5.74) is 7.10. The highest BCUT2D eigenvalue weighted by Crippen LogP contribution is 2.22. The average Bonchev–Trinajstić information content (AvgIpc) is 2.77. The molecule has 0 saturated carbocycles. The Kier molecular flexibility index (Phi) is 5.35. The second kappa shape index (κ2) is 6.34. The van der Waals surface area contributed by atoms with Crippen molar-refractivity contribution < 1.29 is 4.79 Å². The van der Waals surface area contributed by atoms with Crippen LogP contribution in [0.15, 0.2) is 6.07 Å². The number of hydrogen-bond acceptors (Lipinski definition) is 3. The van der Waals surface area contributed by atoms with Crippen LogP contribution in [0.1, 0.15) is 53.7 Å². The lowest BCUT2D eigenvalue weighted by Crippen LogP contribution is -2.49. The Hall–Kier alpha value is -0.870. The van der Waals surface area contributed by atoms with Gasteiger partial charge in [-0.2, -0.15) is 0 Å². The SMILES string of the molecule is CCc1sc(C(=O)NCC(N)(CC)CC)cc1C. The number of nitrogens with two attached hydrogens (primary N) is 1.